The summed E-state index contributed by atoms with van der Waals surface area (Å²) in [5.41, 5.74) is 4.05. The lowest BCUT2D eigenvalue weighted by Crippen LogP contribution is -2.17. The lowest BCUT2D eigenvalue weighted by molar-refractivity contribution is -0.116. The van der Waals surface area contributed by atoms with Gasteiger partial charge in [-0.15, -0.1) is 0 Å². The quantitative estimate of drug-likeness (QED) is 0.412. The van der Waals surface area contributed by atoms with E-state index >= 15 is 0 Å². The second-order valence-electron chi connectivity index (χ2n) is 6.65. The summed E-state index contributed by atoms with van der Waals surface area (Å²) < 4.78 is 0. The normalized spacial score (nSPS) is 10.9. The molecule has 0 fully saturated rings. The summed E-state index contributed by atoms with van der Waals surface area (Å²) in [4.78, 5) is 24.0. The maximum atomic E-state index is 12.3. The zero-order valence-corrected chi connectivity index (χ0v) is 16.2. The average Bonchev–Trinajstić information content (AvgIpc) is 2.74. The maximum Gasteiger partial charge on any atom is 0.271 e. The second-order valence-corrected chi connectivity index (χ2v) is 6.65. The fourth-order valence-corrected chi connectivity index (χ4v) is 2.91. The highest BCUT2D eigenvalue weighted by Gasteiger charge is 2.07. The Bertz CT molecular complexity index is 1040. The van der Waals surface area contributed by atoms with Crippen molar-refractivity contribution in [3.8, 4) is 5.75 Å². The summed E-state index contributed by atoms with van der Waals surface area (Å²) in [6.45, 7) is 2.03. The van der Waals surface area contributed by atoms with E-state index in [0.717, 1.165) is 23.6 Å². The van der Waals surface area contributed by atoms with Crippen molar-refractivity contribution < 1.29 is 14.7 Å². The number of nitrogens with zero attached hydrogens (tertiary/aromatic N) is 1. The van der Waals surface area contributed by atoms with E-state index in [-0.39, 0.29) is 17.6 Å². The molecule has 3 aromatic carbocycles. The highest BCUT2D eigenvalue weighted by atomic mass is 16.3. The van der Waals surface area contributed by atoms with Crippen molar-refractivity contribution in [3.05, 3.63) is 71.8 Å². The Morgan fingerprint density at radius 3 is 2.55 bits per heavy atom. The molecule has 0 aliphatic carbocycles. The summed E-state index contributed by atoms with van der Waals surface area (Å²) >= 11 is 0. The fourth-order valence-electron chi connectivity index (χ4n) is 2.91. The fraction of sp³-hybridized carbons (Fsp3) is 0.174. The predicted molar refractivity (Wildman–Crippen MR) is 115 cm³/mol. The number of hydrazone groups is 1. The van der Waals surface area contributed by atoms with Crippen molar-refractivity contribution >= 4 is 34.5 Å². The molecule has 0 saturated heterocycles. The molecule has 0 heterocycles. The van der Waals surface area contributed by atoms with Gasteiger partial charge in [0.15, 0.2) is 0 Å². The Morgan fingerprint density at radius 1 is 1.03 bits per heavy atom. The Hall–Kier alpha value is -3.67. The van der Waals surface area contributed by atoms with Crippen LogP contribution in [0.25, 0.3) is 10.8 Å². The number of benzene rings is 3. The number of unbranched alkanes of at least 4 members (excludes halogenated alkanes) is 1. The van der Waals surface area contributed by atoms with Gasteiger partial charge in [0.25, 0.3) is 5.91 Å². The number of rotatable bonds is 7. The molecule has 148 valence electrons. The van der Waals surface area contributed by atoms with Crippen LogP contribution in [0.5, 0.6) is 5.75 Å². The third-order valence-electron chi connectivity index (χ3n) is 4.50. The molecular formula is C23H23N3O3. The van der Waals surface area contributed by atoms with Crippen LogP contribution < -0.4 is 10.7 Å². The lowest BCUT2D eigenvalue weighted by Gasteiger charge is -2.06. The van der Waals surface area contributed by atoms with Gasteiger partial charge in [-0.2, -0.15) is 5.10 Å². The third kappa shape index (κ3) is 5.19. The first-order valence-corrected chi connectivity index (χ1v) is 9.52. The average molecular weight is 389 g/mol. The smallest absolute Gasteiger partial charge is 0.271 e. The molecule has 0 aromatic heterocycles. The van der Waals surface area contributed by atoms with Gasteiger partial charge in [-0.1, -0.05) is 43.7 Å². The van der Waals surface area contributed by atoms with Crippen LogP contribution in [0.3, 0.4) is 0 Å². The van der Waals surface area contributed by atoms with E-state index in [0.29, 0.717) is 23.2 Å². The molecule has 3 N–H and O–H groups in total. The molecule has 0 saturated carbocycles. The number of hydrogen-bond donors (Lipinski definition) is 3. The zero-order valence-electron chi connectivity index (χ0n) is 16.2. The van der Waals surface area contributed by atoms with Crippen LogP contribution in [0.4, 0.5) is 5.69 Å². The third-order valence-corrected chi connectivity index (χ3v) is 4.50. The number of anilines is 1. The standard InChI is InChI=1S/C23H23N3O3/c1-2-3-8-22(28)25-18-12-9-17(10-13-18)23(29)26-24-15-20-19-7-5-4-6-16(19)11-14-21(20)27/h4-7,9-15,27H,2-3,8H2,1H3,(H,25,28)(H,26,29)/b24-15+. The van der Waals surface area contributed by atoms with Gasteiger partial charge >= 0.3 is 0 Å². The Kier molecular flexibility index (Phi) is 6.58. The first kappa shape index (κ1) is 20.1. The molecule has 6 nitrogen and oxygen atoms in total. The molecule has 0 radical (unpaired) electrons. The van der Waals surface area contributed by atoms with E-state index in [1.807, 2.05) is 37.3 Å². The predicted octanol–water partition coefficient (Wildman–Crippen LogP) is 4.44. The number of aromatic hydroxyl groups is 1. The van der Waals surface area contributed by atoms with Gasteiger partial charge in [-0.25, -0.2) is 5.43 Å². The van der Waals surface area contributed by atoms with Crippen LogP contribution in [0.2, 0.25) is 0 Å². The number of phenolic OH excluding ortho intramolecular Hbond substituents is 1. The Labute approximate surface area is 169 Å². The van der Waals surface area contributed by atoms with Crippen molar-refractivity contribution in [1.82, 2.24) is 5.43 Å². The van der Waals surface area contributed by atoms with Crippen LogP contribution in [0, 0.1) is 0 Å². The van der Waals surface area contributed by atoms with Crippen molar-refractivity contribution in [2.75, 3.05) is 5.32 Å². The van der Waals surface area contributed by atoms with Crippen LogP contribution >= 0.6 is 0 Å². The van der Waals surface area contributed by atoms with Crippen molar-refractivity contribution in [2.24, 2.45) is 5.10 Å². The van der Waals surface area contributed by atoms with E-state index in [9.17, 15) is 14.7 Å². The van der Waals surface area contributed by atoms with E-state index in [4.69, 9.17) is 0 Å². The number of fused-ring (bicyclic) bond motifs is 1. The van der Waals surface area contributed by atoms with Crippen LogP contribution in [0.15, 0.2) is 65.8 Å². The molecule has 3 aromatic rings. The summed E-state index contributed by atoms with van der Waals surface area (Å²) in [6, 6.07) is 17.6. The Morgan fingerprint density at radius 2 is 1.79 bits per heavy atom. The number of carbonyl (C=O) groups is 2. The molecule has 29 heavy (non-hydrogen) atoms. The molecule has 0 aliphatic rings. The topological polar surface area (TPSA) is 90.8 Å². The zero-order chi connectivity index (χ0) is 20.6. The van der Waals surface area contributed by atoms with Gasteiger partial charge < -0.3 is 10.4 Å². The molecule has 0 aliphatic heterocycles. The van der Waals surface area contributed by atoms with Gasteiger partial charge in [0.1, 0.15) is 5.75 Å². The second kappa shape index (κ2) is 9.50. The SMILES string of the molecule is CCCCC(=O)Nc1ccc(C(=O)N/N=C/c2c(O)ccc3ccccc23)cc1. The van der Waals surface area contributed by atoms with Gasteiger partial charge in [0.05, 0.1) is 6.21 Å². The number of nitrogens with one attached hydrogen (secondary N) is 2. The molecule has 0 unspecified atom stereocenters. The van der Waals surface area contributed by atoms with E-state index < -0.39 is 0 Å². The maximum absolute atomic E-state index is 12.3. The largest absolute Gasteiger partial charge is 0.507 e. The van der Waals surface area contributed by atoms with Gasteiger partial charge in [0, 0.05) is 23.2 Å². The van der Waals surface area contributed by atoms with Crippen LogP contribution in [-0.2, 0) is 4.79 Å². The van der Waals surface area contributed by atoms with Gasteiger partial charge in [0.2, 0.25) is 5.91 Å². The Balaban J connectivity index is 1.64. The summed E-state index contributed by atoms with van der Waals surface area (Å²) in [5, 5.41) is 18.7. The minimum absolute atomic E-state index is 0.0384. The van der Waals surface area contributed by atoms with E-state index in [2.05, 4.69) is 15.8 Å². The number of hydrogen-bond acceptors (Lipinski definition) is 4. The van der Waals surface area contributed by atoms with Crippen molar-refractivity contribution in [1.29, 1.82) is 0 Å². The van der Waals surface area contributed by atoms with E-state index in [1.54, 1.807) is 30.3 Å². The number of amides is 2. The molecule has 3 rings (SSSR count). The molecule has 6 heteroatoms. The molecule has 0 atom stereocenters. The molecule has 2 amide bonds. The first-order valence-electron chi connectivity index (χ1n) is 9.52. The van der Waals surface area contributed by atoms with Gasteiger partial charge in [-0.3, -0.25) is 9.59 Å². The number of phenols is 1. The van der Waals surface area contributed by atoms with Crippen LogP contribution in [-0.4, -0.2) is 23.1 Å². The minimum atomic E-state index is -0.384. The van der Waals surface area contributed by atoms with Gasteiger partial charge in [-0.05, 0) is 47.5 Å². The summed E-state index contributed by atoms with van der Waals surface area (Å²) in [5.74, 6) is -0.335. The summed E-state index contributed by atoms with van der Waals surface area (Å²) in [7, 11) is 0. The monoisotopic (exact) mass is 389 g/mol. The minimum Gasteiger partial charge on any atom is -0.507 e. The lowest BCUT2D eigenvalue weighted by atomic mass is 10.0. The van der Waals surface area contributed by atoms with Crippen LogP contribution in [0.1, 0.15) is 42.1 Å². The molecular weight excluding hydrogens is 366 g/mol. The van der Waals surface area contributed by atoms with Crippen molar-refractivity contribution in [2.45, 2.75) is 26.2 Å². The van der Waals surface area contributed by atoms with Crippen molar-refractivity contribution in [3.63, 3.8) is 0 Å². The number of carbonyl (C=O) groups excluding carboxylic acids is 2. The molecule has 0 spiro atoms. The highest BCUT2D eigenvalue weighted by Crippen LogP contribution is 2.25. The first-order chi connectivity index (χ1) is 14.1. The van der Waals surface area contributed by atoms with E-state index in [1.165, 1.54) is 6.21 Å². The summed E-state index contributed by atoms with van der Waals surface area (Å²) in [6.07, 6.45) is 3.71. The highest BCUT2D eigenvalue weighted by molar-refractivity contribution is 6.03. The molecule has 0 bridgehead atoms.